The van der Waals surface area contributed by atoms with Crippen LogP contribution in [0, 0.1) is 10.6 Å². The van der Waals surface area contributed by atoms with E-state index in [-0.39, 0.29) is 23.0 Å². The second kappa shape index (κ2) is 8.40. The molecule has 2 aromatic rings. The topological polar surface area (TPSA) is 120 Å². The number of aromatic nitrogens is 2. The van der Waals surface area contributed by atoms with Crippen LogP contribution in [0.4, 0.5) is 20.7 Å². The molecule has 1 fully saturated rings. The first-order valence-corrected chi connectivity index (χ1v) is 11.4. The van der Waals surface area contributed by atoms with E-state index >= 15 is 0 Å². The highest BCUT2D eigenvalue weighted by Gasteiger charge is 2.30. The third-order valence-electron chi connectivity index (χ3n) is 4.73. The first-order valence-electron chi connectivity index (χ1n) is 9.44. The average molecular weight is 424 g/mol. The second-order valence-corrected chi connectivity index (χ2v) is 9.79. The predicted octanol–water partition coefficient (Wildman–Crippen LogP) is 4.10. The van der Waals surface area contributed by atoms with Gasteiger partial charge in [0.2, 0.25) is 0 Å². The number of ether oxygens (including phenoxy) is 1. The van der Waals surface area contributed by atoms with Crippen LogP contribution in [-0.2, 0) is 14.5 Å². The fourth-order valence-electron chi connectivity index (χ4n) is 3.40. The molecule has 0 bridgehead atoms. The third-order valence-corrected chi connectivity index (χ3v) is 5.90. The number of benzene rings is 1. The summed E-state index contributed by atoms with van der Waals surface area (Å²) in [6, 6.07) is 6.00. The predicted molar refractivity (Wildman–Crippen MR) is 108 cm³/mol. The fourth-order valence-corrected chi connectivity index (χ4v) is 4.16. The van der Waals surface area contributed by atoms with Gasteiger partial charge >= 0.3 is 6.09 Å². The fraction of sp³-hybridized carbons (Fsp3) is 0.474. The second-order valence-electron chi connectivity index (χ2n) is 7.66. The van der Waals surface area contributed by atoms with Crippen LogP contribution in [0.1, 0.15) is 44.7 Å². The van der Waals surface area contributed by atoms with E-state index in [1.807, 2.05) is 19.9 Å². The molecule has 1 amide bonds. The summed E-state index contributed by atoms with van der Waals surface area (Å²) < 4.78 is 38.8. The van der Waals surface area contributed by atoms with Crippen LogP contribution in [0.25, 0.3) is 0 Å². The van der Waals surface area contributed by atoms with Crippen molar-refractivity contribution < 1.29 is 18.1 Å². The van der Waals surface area contributed by atoms with Gasteiger partial charge in [0.1, 0.15) is 11.9 Å². The Kier molecular flexibility index (Phi) is 6.11. The highest BCUT2D eigenvalue weighted by Crippen LogP contribution is 2.36. The zero-order chi connectivity index (χ0) is 21.2. The Labute approximate surface area is 169 Å². The number of hydrogen-bond acceptors (Lipinski definition) is 6. The van der Waals surface area contributed by atoms with Gasteiger partial charge in [-0.25, -0.2) is 18.2 Å². The Morgan fingerprint density at radius 2 is 2.14 bits per heavy atom. The Hall–Kier alpha value is -2.62. The lowest BCUT2D eigenvalue weighted by Gasteiger charge is -2.14. The van der Waals surface area contributed by atoms with Crippen molar-refractivity contribution in [2.75, 3.05) is 11.6 Å². The molecule has 0 saturated heterocycles. The van der Waals surface area contributed by atoms with Crippen molar-refractivity contribution in [2.45, 2.75) is 56.1 Å². The third kappa shape index (κ3) is 5.47. The van der Waals surface area contributed by atoms with E-state index in [9.17, 15) is 13.4 Å². The number of H-pyrrole nitrogens is 1. The minimum absolute atomic E-state index is 0.0322. The van der Waals surface area contributed by atoms with Crippen LogP contribution in [0.5, 0.6) is 0 Å². The van der Waals surface area contributed by atoms with Crippen LogP contribution in [0.3, 0.4) is 0 Å². The number of hydrogen-bond donors (Lipinski definition) is 4. The summed E-state index contributed by atoms with van der Waals surface area (Å²) in [7, 11) is -3.12. The van der Waals surface area contributed by atoms with Crippen molar-refractivity contribution in [3.05, 3.63) is 35.8 Å². The summed E-state index contributed by atoms with van der Waals surface area (Å²) in [6.07, 6.45) is 3.03. The zero-order valence-corrected chi connectivity index (χ0v) is 17.4. The maximum atomic E-state index is 14.1. The summed E-state index contributed by atoms with van der Waals surface area (Å²) >= 11 is 0. The van der Waals surface area contributed by atoms with E-state index in [0.29, 0.717) is 17.9 Å². The molecular formula is C19H26FN5O3S. The normalized spacial score (nSPS) is 21.0. The average Bonchev–Trinajstić information content (AvgIpc) is 3.22. The molecule has 1 unspecified atom stereocenters. The molecule has 4 N–H and O–H groups in total. The van der Waals surface area contributed by atoms with E-state index < -0.39 is 21.6 Å². The van der Waals surface area contributed by atoms with E-state index in [1.165, 1.54) is 18.4 Å². The Balaban J connectivity index is 1.60. The van der Waals surface area contributed by atoms with Crippen LogP contribution in [-0.4, -0.2) is 38.9 Å². The van der Waals surface area contributed by atoms with Crippen LogP contribution in [0.2, 0.25) is 0 Å². The molecule has 0 spiro atoms. The molecule has 3 atom stereocenters. The minimum atomic E-state index is -3.12. The minimum Gasteiger partial charge on any atom is -0.446 e. The van der Waals surface area contributed by atoms with Gasteiger partial charge in [0.05, 0.1) is 14.6 Å². The molecule has 8 nitrogen and oxygen atoms in total. The van der Waals surface area contributed by atoms with E-state index in [1.54, 1.807) is 6.07 Å². The first kappa shape index (κ1) is 21.1. The Morgan fingerprint density at radius 3 is 2.79 bits per heavy atom. The number of anilines is 2. The number of nitrogens with zero attached hydrogens (tertiary/aromatic N) is 1. The van der Waals surface area contributed by atoms with Gasteiger partial charge in [-0.3, -0.25) is 5.10 Å². The molecule has 0 aliphatic heterocycles. The molecule has 1 aromatic carbocycles. The van der Waals surface area contributed by atoms with Gasteiger partial charge < -0.3 is 15.4 Å². The molecular weight excluding hydrogens is 397 g/mol. The van der Waals surface area contributed by atoms with Gasteiger partial charge in [0, 0.05) is 35.7 Å². The van der Waals surface area contributed by atoms with Gasteiger partial charge in [-0.1, -0.05) is 0 Å². The van der Waals surface area contributed by atoms with Gasteiger partial charge in [-0.15, -0.1) is 0 Å². The maximum absolute atomic E-state index is 14.1. The molecule has 10 heteroatoms. The summed E-state index contributed by atoms with van der Waals surface area (Å²) in [5, 5.41) is 12.9. The van der Waals surface area contributed by atoms with Crippen molar-refractivity contribution in [2.24, 2.45) is 0 Å². The lowest BCUT2D eigenvalue weighted by atomic mass is 10.0. The maximum Gasteiger partial charge on any atom is 0.407 e. The molecule has 1 aliphatic carbocycles. The molecule has 29 heavy (non-hydrogen) atoms. The summed E-state index contributed by atoms with van der Waals surface area (Å²) in [5.74, 6) is 0.0305. The molecule has 1 saturated carbocycles. The molecule has 158 valence electrons. The van der Waals surface area contributed by atoms with Crippen molar-refractivity contribution in [3.63, 3.8) is 0 Å². The first-order chi connectivity index (χ1) is 13.6. The molecule has 1 aromatic heterocycles. The lowest BCUT2D eigenvalue weighted by Crippen LogP contribution is -2.33. The quantitative estimate of drug-likeness (QED) is 0.558. The van der Waals surface area contributed by atoms with Gasteiger partial charge in [-0.2, -0.15) is 5.10 Å². The van der Waals surface area contributed by atoms with Gasteiger partial charge in [0.25, 0.3) is 0 Å². The van der Waals surface area contributed by atoms with Crippen LogP contribution in [0.15, 0.2) is 29.2 Å². The number of nitrogens with one attached hydrogen (secondary N) is 4. The zero-order valence-electron chi connectivity index (χ0n) is 16.6. The summed E-state index contributed by atoms with van der Waals surface area (Å²) in [4.78, 5) is 11.6. The van der Waals surface area contributed by atoms with E-state index in [4.69, 9.17) is 9.52 Å². The van der Waals surface area contributed by atoms with E-state index in [2.05, 4.69) is 20.8 Å². The highest BCUT2D eigenvalue weighted by atomic mass is 32.2. The molecule has 1 heterocycles. The number of amides is 1. The molecule has 0 radical (unpaired) electrons. The smallest absolute Gasteiger partial charge is 0.407 e. The number of aromatic amines is 1. The van der Waals surface area contributed by atoms with Crippen molar-refractivity contribution >= 4 is 27.3 Å². The Bertz CT molecular complexity index is 989. The van der Waals surface area contributed by atoms with E-state index in [0.717, 1.165) is 18.5 Å². The summed E-state index contributed by atoms with van der Waals surface area (Å²) in [6.45, 7) is 3.76. The van der Waals surface area contributed by atoms with Crippen molar-refractivity contribution in [1.82, 2.24) is 15.5 Å². The monoisotopic (exact) mass is 423 g/mol. The standard InChI is InChI=1S/C19H26FN5O3S/c1-11(2)22-19(26)28-14-6-4-12(8-14)16-10-18(25-24-16)23-13-5-7-17(15(20)9-13)29(3,21)27/h5,7,9-12,14,21H,4,6,8H2,1-3H3,(H,22,26)(H2,23,24,25)/t12-,14+,29?/m0/s1. The number of rotatable bonds is 6. The highest BCUT2D eigenvalue weighted by molar-refractivity contribution is 7.91. The molecule has 1 aliphatic rings. The van der Waals surface area contributed by atoms with Crippen LogP contribution < -0.4 is 10.6 Å². The SMILES string of the molecule is CC(C)NC(=O)O[C@@H]1CC[C@H](c2cc(Nc3ccc(S(C)(=N)=O)c(F)c3)n[nH]2)C1. The number of carbonyl (C=O) groups excluding carboxylic acids is 1. The van der Waals surface area contributed by atoms with Crippen molar-refractivity contribution in [1.29, 1.82) is 4.78 Å². The number of alkyl carbamates (subject to hydrolysis) is 1. The molecule has 3 rings (SSSR count). The van der Waals surface area contributed by atoms with Crippen LogP contribution >= 0.6 is 0 Å². The lowest BCUT2D eigenvalue weighted by molar-refractivity contribution is 0.0981. The van der Waals surface area contributed by atoms with Gasteiger partial charge in [0.15, 0.2) is 5.82 Å². The summed E-state index contributed by atoms with van der Waals surface area (Å²) in [5.41, 5.74) is 1.37. The largest absolute Gasteiger partial charge is 0.446 e. The Morgan fingerprint density at radius 1 is 1.38 bits per heavy atom. The van der Waals surface area contributed by atoms with Crippen molar-refractivity contribution in [3.8, 4) is 0 Å². The number of halogens is 1. The number of carbonyl (C=O) groups is 1. The van der Waals surface area contributed by atoms with Gasteiger partial charge in [-0.05, 0) is 51.3 Å².